The first kappa shape index (κ1) is 26.0. The molecule has 0 bridgehead atoms. The zero-order valence-corrected chi connectivity index (χ0v) is 22.2. The van der Waals surface area contributed by atoms with Crippen LogP contribution in [0.25, 0.3) is 0 Å². The second-order valence-corrected chi connectivity index (χ2v) is 22.0. The number of esters is 1. The number of rotatable bonds is 15. The molecule has 1 fully saturated rings. The van der Waals surface area contributed by atoms with E-state index in [2.05, 4.69) is 35.8 Å². The number of ether oxygens (including phenoxy) is 1. The van der Waals surface area contributed by atoms with Crippen molar-refractivity contribution in [2.45, 2.75) is 98.8 Å². The Labute approximate surface area is 179 Å². The summed E-state index contributed by atoms with van der Waals surface area (Å²) in [5.41, 5.74) is 0. The SMILES string of the molecule is CCC[CH2][Sn](/[CH]=C/CN1CCC(CCOC(C)=O)CC1)([CH2]CCC)[CH2]CCC. The van der Waals surface area contributed by atoms with Crippen LogP contribution in [-0.2, 0) is 9.53 Å². The number of nitrogens with zero attached hydrogens (tertiary/aromatic N) is 1. The van der Waals surface area contributed by atoms with Gasteiger partial charge in [0.2, 0.25) is 0 Å². The van der Waals surface area contributed by atoms with Crippen LogP contribution in [0.4, 0.5) is 0 Å². The van der Waals surface area contributed by atoms with Gasteiger partial charge in [-0.2, -0.15) is 0 Å². The van der Waals surface area contributed by atoms with E-state index in [0.29, 0.717) is 6.61 Å². The Hall–Kier alpha value is -0.0313. The third kappa shape index (κ3) is 11.2. The van der Waals surface area contributed by atoms with Crippen LogP contribution in [0.3, 0.4) is 0 Å². The fraction of sp³-hybridized carbons (Fsp3) is 0.875. The van der Waals surface area contributed by atoms with Crippen LogP contribution in [0.1, 0.15) is 85.5 Å². The number of carbonyl (C=O) groups excluding carboxylic acids is 1. The minimum absolute atomic E-state index is 0.147. The second kappa shape index (κ2) is 15.8. The predicted octanol–water partition coefficient (Wildman–Crippen LogP) is 6.60. The number of hydrogen-bond acceptors (Lipinski definition) is 3. The maximum atomic E-state index is 10.9. The van der Waals surface area contributed by atoms with Crippen molar-refractivity contribution >= 4 is 24.3 Å². The molecule has 0 unspecified atom stereocenters. The van der Waals surface area contributed by atoms with E-state index in [1.165, 1.54) is 71.4 Å². The molecule has 28 heavy (non-hydrogen) atoms. The van der Waals surface area contributed by atoms with Crippen molar-refractivity contribution in [3.8, 4) is 0 Å². The Morgan fingerprint density at radius 2 is 1.54 bits per heavy atom. The molecule has 1 rings (SSSR count). The first-order valence-corrected chi connectivity index (χ1v) is 19.8. The first-order valence-electron chi connectivity index (χ1n) is 12.1. The van der Waals surface area contributed by atoms with Crippen molar-refractivity contribution < 1.29 is 9.53 Å². The van der Waals surface area contributed by atoms with Crippen molar-refractivity contribution in [3.05, 3.63) is 10.2 Å². The van der Waals surface area contributed by atoms with Crippen LogP contribution in [0.2, 0.25) is 13.3 Å². The number of unbranched alkanes of at least 4 members (excludes halogenated alkanes) is 3. The monoisotopic (exact) mass is 501 g/mol. The predicted molar refractivity (Wildman–Crippen MR) is 124 cm³/mol. The van der Waals surface area contributed by atoms with Gasteiger partial charge in [0.25, 0.3) is 0 Å². The summed E-state index contributed by atoms with van der Waals surface area (Å²) in [4.78, 5) is 13.5. The summed E-state index contributed by atoms with van der Waals surface area (Å²) in [7, 11) is 0. The molecule has 0 N–H and O–H groups in total. The number of likely N-dealkylation sites (tertiary alicyclic amines) is 1. The molecule has 0 radical (unpaired) electrons. The normalized spacial score (nSPS) is 16.7. The molecule has 0 aromatic carbocycles. The average Bonchev–Trinajstić information content (AvgIpc) is 2.69. The molecular weight excluding hydrogens is 453 g/mol. The summed E-state index contributed by atoms with van der Waals surface area (Å²) >= 11 is -2.10. The van der Waals surface area contributed by atoms with E-state index in [4.69, 9.17) is 4.74 Å². The van der Waals surface area contributed by atoms with Crippen molar-refractivity contribution in [2.75, 3.05) is 26.2 Å². The molecule has 0 atom stereocenters. The molecule has 4 heteroatoms. The van der Waals surface area contributed by atoms with E-state index in [1.807, 2.05) is 0 Å². The van der Waals surface area contributed by atoms with E-state index in [-0.39, 0.29) is 5.97 Å². The fourth-order valence-electron chi connectivity index (χ4n) is 4.49. The molecule has 0 aromatic heterocycles. The number of carbonyl (C=O) groups is 1. The second-order valence-electron chi connectivity index (χ2n) is 8.95. The van der Waals surface area contributed by atoms with Crippen molar-refractivity contribution in [3.63, 3.8) is 0 Å². The molecule has 0 aromatic rings. The minimum atomic E-state index is -2.10. The van der Waals surface area contributed by atoms with E-state index >= 15 is 0 Å². The summed E-state index contributed by atoms with van der Waals surface area (Å²) in [6.07, 6.45) is 14.5. The van der Waals surface area contributed by atoms with E-state index in [1.54, 1.807) is 13.3 Å². The zero-order valence-electron chi connectivity index (χ0n) is 19.3. The molecule has 164 valence electrons. The van der Waals surface area contributed by atoms with Crippen LogP contribution in [0, 0.1) is 5.92 Å². The summed E-state index contributed by atoms with van der Waals surface area (Å²) in [6.45, 7) is 12.7. The molecule has 1 saturated heterocycles. The van der Waals surface area contributed by atoms with Crippen LogP contribution < -0.4 is 0 Å². The summed E-state index contributed by atoms with van der Waals surface area (Å²) < 4.78 is 12.6. The van der Waals surface area contributed by atoms with Crippen LogP contribution in [0.5, 0.6) is 0 Å². The maximum absolute atomic E-state index is 10.9. The van der Waals surface area contributed by atoms with Crippen molar-refractivity contribution in [1.82, 2.24) is 4.90 Å². The van der Waals surface area contributed by atoms with Gasteiger partial charge in [0.1, 0.15) is 0 Å². The van der Waals surface area contributed by atoms with Gasteiger partial charge < -0.3 is 0 Å². The molecule has 1 heterocycles. The fourth-order valence-corrected chi connectivity index (χ4v) is 18.8. The first-order chi connectivity index (χ1) is 13.5. The molecule has 3 nitrogen and oxygen atoms in total. The quantitative estimate of drug-likeness (QED) is 0.188. The molecule has 1 aliphatic rings. The van der Waals surface area contributed by atoms with Crippen molar-refractivity contribution in [2.24, 2.45) is 5.92 Å². The molecule has 0 saturated carbocycles. The molecule has 0 amide bonds. The molecule has 0 aliphatic carbocycles. The summed E-state index contributed by atoms with van der Waals surface area (Å²) in [6, 6.07) is 0. The van der Waals surface area contributed by atoms with Gasteiger partial charge in [-0.1, -0.05) is 0 Å². The molecule has 1 aliphatic heterocycles. The topological polar surface area (TPSA) is 29.5 Å². The molecule has 0 spiro atoms. The van der Waals surface area contributed by atoms with E-state index < -0.39 is 18.4 Å². The van der Waals surface area contributed by atoms with Gasteiger partial charge in [-0.25, -0.2) is 0 Å². The van der Waals surface area contributed by atoms with Crippen molar-refractivity contribution in [1.29, 1.82) is 0 Å². The van der Waals surface area contributed by atoms with Crippen LogP contribution in [0.15, 0.2) is 10.2 Å². The number of piperidine rings is 1. The Kier molecular flexibility index (Phi) is 14.6. The van der Waals surface area contributed by atoms with Gasteiger partial charge in [-0.3, -0.25) is 0 Å². The summed E-state index contributed by atoms with van der Waals surface area (Å²) in [5, 5.41) is 0. The molecular formula is C24H47NO2Sn. The van der Waals surface area contributed by atoms with Gasteiger partial charge in [0.05, 0.1) is 0 Å². The van der Waals surface area contributed by atoms with E-state index in [9.17, 15) is 4.79 Å². The van der Waals surface area contributed by atoms with E-state index in [0.717, 1.165) is 18.9 Å². The van der Waals surface area contributed by atoms with Crippen LogP contribution in [-0.4, -0.2) is 55.5 Å². The zero-order chi connectivity index (χ0) is 20.7. The third-order valence-electron chi connectivity index (χ3n) is 6.46. The number of hydrogen-bond donors (Lipinski definition) is 0. The van der Waals surface area contributed by atoms with Gasteiger partial charge in [0.15, 0.2) is 0 Å². The van der Waals surface area contributed by atoms with Gasteiger partial charge >= 0.3 is 180 Å². The third-order valence-corrected chi connectivity index (χ3v) is 20.7. The van der Waals surface area contributed by atoms with Gasteiger partial charge in [-0.15, -0.1) is 0 Å². The Balaban J connectivity index is 2.49. The van der Waals surface area contributed by atoms with Gasteiger partial charge in [0, 0.05) is 0 Å². The standard InChI is InChI=1S/C12H20NO2.3C4H9.Sn/c1-3-7-13-8-4-12(5-9-13)6-10-15-11(2)14;3*1-3-4-2;/h1,3,12H,4-10H2,2H3;3*1,3-4H2,2H3;. The Morgan fingerprint density at radius 3 is 2.00 bits per heavy atom. The van der Waals surface area contributed by atoms with Gasteiger partial charge in [-0.05, 0) is 0 Å². The Morgan fingerprint density at radius 1 is 1.00 bits per heavy atom. The summed E-state index contributed by atoms with van der Waals surface area (Å²) in [5.74, 6) is 0.586. The van der Waals surface area contributed by atoms with Crippen LogP contribution >= 0.6 is 0 Å². The average molecular weight is 500 g/mol. The Bertz CT molecular complexity index is 409.